The van der Waals surface area contributed by atoms with Crippen LogP contribution in [0.5, 0.6) is 0 Å². The lowest BCUT2D eigenvalue weighted by Gasteiger charge is -2.23. The van der Waals surface area contributed by atoms with Gasteiger partial charge in [-0.1, -0.05) is 6.42 Å². The third-order valence-corrected chi connectivity index (χ3v) is 7.60. The van der Waals surface area contributed by atoms with Gasteiger partial charge in [-0.15, -0.1) is 12.4 Å². The van der Waals surface area contributed by atoms with E-state index in [1.54, 1.807) is 12.1 Å². The average Bonchev–Trinajstić information content (AvgIpc) is 3.12. The van der Waals surface area contributed by atoms with Crippen LogP contribution in [0.25, 0.3) is 0 Å². The minimum absolute atomic E-state index is 0. The van der Waals surface area contributed by atoms with Crippen molar-refractivity contribution < 1.29 is 23.1 Å². The Morgan fingerprint density at radius 2 is 1.96 bits per heavy atom. The van der Waals surface area contributed by atoms with Crippen molar-refractivity contribution in [1.29, 1.82) is 0 Å². The molecule has 0 spiro atoms. The second-order valence-electron chi connectivity index (χ2n) is 7.66. The molecule has 0 aromatic heterocycles. The zero-order valence-electron chi connectivity index (χ0n) is 15.9. The van der Waals surface area contributed by atoms with Crippen molar-refractivity contribution in [2.45, 2.75) is 37.5 Å². The number of halogens is 1. The van der Waals surface area contributed by atoms with Gasteiger partial charge < -0.3 is 15.3 Å². The Hall–Kier alpha value is -1.64. The summed E-state index contributed by atoms with van der Waals surface area (Å²) in [5.41, 5.74) is -0.0673. The number of sulfone groups is 1. The van der Waals surface area contributed by atoms with Crippen molar-refractivity contribution in [3.05, 3.63) is 24.3 Å². The molecule has 2 N–H and O–H groups in total. The molecule has 2 fully saturated rings. The van der Waals surface area contributed by atoms with E-state index in [4.69, 9.17) is 0 Å². The summed E-state index contributed by atoms with van der Waals surface area (Å²) >= 11 is 0. The zero-order valence-corrected chi connectivity index (χ0v) is 17.5. The Morgan fingerprint density at radius 1 is 1.29 bits per heavy atom. The number of carboxylic acid groups (broad SMARTS) is 1. The number of anilines is 1. The van der Waals surface area contributed by atoms with Crippen LogP contribution >= 0.6 is 12.4 Å². The molecule has 9 heteroatoms. The van der Waals surface area contributed by atoms with E-state index in [1.165, 1.54) is 19.1 Å². The summed E-state index contributed by atoms with van der Waals surface area (Å²) in [6, 6.07) is 6.15. The lowest BCUT2D eigenvalue weighted by molar-refractivity contribution is -0.149. The van der Waals surface area contributed by atoms with E-state index in [2.05, 4.69) is 10.2 Å². The van der Waals surface area contributed by atoms with Gasteiger partial charge in [0.1, 0.15) is 0 Å². The molecule has 1 saturated heterocycles. The number of carbonyl (C=O) groups is 2. The Morgan fingerprint density at radius 3 is 2.54 bits per heavy atom. The van der Waals surface area contributed by atoms with E-state index in [0.717, 1.165) is 25.8 Å². The highest BCUT2D eigenvalue weighted by molar-refractivity contribution is 7.91. The molecule has 28 heavy (non-hydrogen) atoms. The predicted molar refractivity (Wildman–Crippen MR) is 109 cm³/mol. The first kappa shape index (κ1) is 22.6. The molecule has 1 aliphatic carbocycles. The van der Waals surface area contributed by atoms with E-state index in [0.29, 0.717) is 25.2 Å². The van der Waals surface area contributed by atoms with Crippen LogP contribution < -0.4 is 5.32 Å². The van der Waals surface area contributed by atoms with E-state index >= 15 is 0 Å². The van der Waals surface area contributed by atoms with Crippen molar-refractivity contribution in [1.82, 2.24) is 4.90 Å². The molecule has 1 amide bonds. The fourth-order valence-corrected chi connectivity index (χ4v) is 5.75. The van der Waals surface area contributed by atoms with Gasteiger partial charge >= 0.3 is 5.97 Å². The molecule has 2 aliphatic rings. The topological polar surface area (TPSA) is 104 Å². The first-order valence-corrected chi connectivity index (χ1v) is 10.9. The maximum Gasteiger partial charge on any atom is 0.311 e. The van der Waals surface area contributed by atoms with Gasteiger partial charge in [-0.2, -0.15) is 0 Å². The molecule has 0 unspecified atom stereocenters. The molecule has 3 rings (SSSR count). The minimum atomic E-state index is -3.40. The number of fused-ring (bicyclic) bond motifs is 1. The van der Waals surface area contributed by atoms with Gasteiger partial charge in [-0.25, -0.2) is 8.42 Å². The predicted octanol–water partition coefficient (Wildman–Crippen LogP) is 2.42. The molecule has 1 aliphatic heterocycles. The summed E-state index contributed by atoms with van der Waals surface area (Å²) in [5, 5.41) is 12.2. The average molecular weight is 431 g/mol. The third kappa shape index (κ3) is 4.67. The quantitative estimate of drug-likeness (QED) is 0.688. The molecule has 2 atom stereocenters. The van der Waals surface area contributed by atoms with Gasteiger partial charge in [0.15, 0.2) is 9.84 Å². The first-order valence-electron chi connectivity index (χ1n) is 9.29. The molecule has 7 nitrogen and oxygen atoms in total. The second kappa shape index (κ2) is 8.80. The Labute approximate surface area is 171 Å². The van der Waals surface area contributed by atoms with E-state index in [9.17, 15) is 23.1 Å². The minimum Gasteiger partial charge on any atom is -0.481 e. The molecule has 1 heterocycles. The Kier molecular flexibility index (Phi) is 7.12. The summed E-state index contributed by atoms with van der Waals surface area (Å²) in [7, 11) is -3.40. The number of likely N-dealkylation sites (tertiary alicyclic amines) is 1. The van der Waals surface area contributed by atoms with Crippen molar-refractivity contribution in [2.24, 2.45) is 11.3 Å². The van der Waals surface area contributed by atoms with E-state index < -0.39 is 21.2 Å². The van der Waals surface area contributed by atoms with Crippen molar-refractivity contribution in [2.75, 3.05) is 30.7 Å². The van der Waals surface area contributed by atoms with Crippen LogP contribution in [0, 0.1) is 11.3 Å². The highest BCUT2D eigenvalue weighted by Gasteiger charge is 2.54. The molecular weight excluding hydrogens is 404 g/mol. The van der Waals surface area contributed by atoms with Gasteiger partial charge in [0, 0.05) is 25.7 Å². The van der Waals surface area contributed by atoms with Crippen LogP contribution in [0.4, 0.5) is 5.69 Å². The first-order chi connectivity index (χ1) is 12.7. The zero-order chi connectivity index (χ0) is 19.7. The van der Waals surface area contributed by atoms with Crippen LogP contribution in [0.2, 0.25) is 0 Å². The fourth-order valence-electron chi connectivity index (χ4n) is 4.46. The SMILES string of the molecule is CC(=O)Nc1ccc(S(=O)(=O)CCCN2C[C@@H]3CCC[C@@]3(C(=O)O)C2)cc1.Cl. The molecule has 0 bridgehead atoms. The number of nitrogens with one attached hydrogen (secondary N) is 1. The van der Waals surface area contributed by atoms with Crippen LogP contribution in [-0.2, 0) is 19.4 Å². The number of amides is 1. The van der Waals surface area contributed by atoms with Gasteiger partial charge in [0.05, 0.1) is 16.1 Å². The third-order valence-electron chi connectivity index (χ3n) is 5.79. The summed E-state index contributed by atoms with van der Waals surface area (Å²) in [6.45, 7) is 3.26. The Balaban J connectivity index is 0.00000280. The van der Waals surface area contributed by atoms with E-state index in [-0.39, 0.29) is 34.9 Å². The van der Waals surface area contributed by atoms with Crippen LogP contribution in [0.3, 0.4) is 0 Å². The number of hydrogen-bond acceptors (Lipinski definition) is 5. The second-order valence-corrected chi connectivity index (χ2v) is 9.77. The number of aliphatic carboxylic acids is 1. The molecule has 1 aromatic carbocycles. The maximum atomic E-state index is 12.5. The molecule has 156 valence electrons. The van der Waals surface area contributed by atoms with Crippen LogP contribution in [0.15, 0.2) is 29.2 Å². The van der Waals surface area contributed by atoms with Crippen LogP contribution in [0.1, 0.15) is 32.6 Å². The number of benzene rings is 1. The number of nitrogens with zero attached hydrogens (tertiary/aromatic N) is 1. The molecule has 0 radical (unpaired) electrons. The van der Waals surface area contributed by atoms with Crippen molar-refractivity contribution >= 4 is 39.8 Å². The largest absolute Gasteiger partial charge is 0.481 e. The van der Waals surface area contributed by atoms with Gasteiger partial charge in [-0.3, -0.25) is 9.59 Å². The molecule has 1 saturated carbocycles. The maximum absolute atomic E-state index is 12.5. The van der Waals surface area contributed by atoms with Gasteiger partial charge in [-0.05, 0) is 56.0 Å². The van der Waals surface area contributed by atoms with E-state index in [1.807, 2.05) is 0 Å². The smallest absolute Gasteiger partial charge is 0.311 e. The lowest BCUT2D eigenvalue weighted by Crippen LogP contribution is -2.36. The standard InChI is InChI=1S/C19H26N2O5S.ClH/c1-14(22)20-16-5-7-17(8-6-16)27(25,26)11-3-10-21-12-15-4-2-9-19(15,13-21)18(23)24;/h5-8,15H,2-4,9-13H2,1H3,(H,20,22)(H,23,24);1H/t15-,19+;/m0./s1. The van der Waals surface area contributed by atoms with Gasteiger partial charge in [0.25, 0.3) is 0 Å². The highest BCUT2D eigenvalue weighted by atomic mass is 35.5. The normalized spacial score (nSPS) is 24.4. The highest BCUT2D eigenvalue weighted by Crippen LogP contribution is 2.48. The number of carbonyl (C=O) groups excluding carboxylic acids is 1. The summed E-state index contributed by atoms with van der Waals surface area (Å²) in [4.78, 5) is 25.1. The summed E-state index contributed by atoms with van der Waals surface area (Å²) in [5.74, 6) is -0.708. The van der Waals surface area contributed by atoms with Crippen molar-refractivity contribution in [3.8, 4) is 0 Å². The number of hydrogen-bond donors (Lipinski definition) is 2. The number of rotatable bonds is 7. The van der Waals surface area contributed by atoms with Crippen molar-refractivity contribution in [3.63, 3.8) is 0 Å². The number of carboxylic acids is 1. The summed E-state index contributed by atoms with van der Waals surface area (Å²) < 4.78 is 25.0. The monoisotopic (exact) mass is 430 g/mol. The van der Waals surface area contributed by atoms with Gasteiger partial charge in [0.2, 0.25) is 5.91 Å². The molecule has 1 aromatic rings. The summed E-state index contributed by atoms with van der Waals surface area (Å²) in [6.07, 6.45) is 3.11. The molecular formula is C19H27ClN2O5S. The lowest BCUT2D eigenvalue weighted by atomic mass is 9.81. The Bertz CT molecular complexity index is 827. The fraction of sp³-hybridized carbons (Fsp3) is 0.579. The van der Waals surface area contributed by atoms with Crippen LogP contribution in [-0.4, -0.2) is 55.7 Å².